The van der Waals surface area contributed by atoms with Crippen LogP contribution in [0.3, 0.4) is 0 Å². The van der Waals surface area contributed by atoms with E-state index in [-0.39, 0.29) is 11.9 Å². The van der Waals surface area contributed by atoms with Crippen molar-refractivity contribution in [1.29, 1.82) is 0 Å². The summed E-state index contributed by atoms with van der Waals surface area (Å²) in [6.45, 7) is 2.29. The minimum atomic E-state index is -0.0391. The van der Waals surface area contributed by atoms with Crippen molar-refractivity contribution in [2.24, 2.45) is 5.73 Å². The second-order valence-electron chi connectivity index (χ2n) is 3.38. The lowest BCUT2D eigenvalue weighted by molar-refractivity contribution is -0.121. The molecule has 4 heteroatoms. The number of carbonyl (C=O) groups is 1. The van der Waals surface area contributed by atoms with Crippen LogP contribution in [0.2, 0.25) is 5.02 Å². The van der Waals surface area contributed by atoms with E-state index in [0.717, 1.165) is 5.56 Å². The Balaban J connectivity index is 2.60. The van der Waals surface area contributed by atoms with Gasteiger partial charge < -0.3 is 11.1 Å². The van der Waals surface area contributed by atoms with Crippen LogP contribution in [0.15, 0.2) is 24.3 Å². The maximum Gasteiger partial charge on any atom is 0.221 e. The Hall–Kier alpha value is -1.06. The first-order valence-corrected chi connectivity index (χ1v) is 5.26. The number of hydrogen-bond donors (Lipinski definition) is 2. The lowest BCUT2D eigenvalue weighted by Gasteiger charge is -2.14. The van der Waals surface area contributed by atoms with Crippen LogP contribution in [0.1, 0.15) is 24.9 Å². The molecule has 0 aliphatic carbocycles. The molecule has 1 amide bonds. The van der Waals surface area contributed by atoms with Crippen LogP contribution in [0, 0.1) is 0 Å². The second kappa shape index (κ2) is 5.73. The zero-order chi connectivity index (χ0) is 11.3. The predicted octanol–water partition coefficient (Wildman–Crippen LogP) is 1.87. The summed E-state index contributed by atoms with van der Waals surface area (Å²) >= 11 is 5.85. The Morgan fingerprint density at radius 2 is 2.33 bits per heavy atom. The van der Waals surface area contributed by atoms with Crippen molar-refractivity contribution in [3.8, 4) is 0 Å². The van der Waals surface area contributed by atoms with E-state index in [1.165, 1.54) is 0 Å². The fraction of sp³-hybridized carbons (Fsp3) is 0.364. The first-order chi connectivity index (χ1) is 7.13. The van der Waals surface area contributed by atoms with Crippen LogP contribution in [0.4, 0.5) is 0 Å². The Labute approximate surface area is 94.6 Å². The molecule has 0 fully saturated rings. The minimum Gasteiger partial charge on any atom is -0.350 e. The van der Waals surface area contributed by atoms with E-state index in [4.69, 9.17) is 17.3 Å². The summed E-state index contributed by atoms with van der Waals surface area (Å²) < 4.78 is 0. The zero-order valence-corrected chi connectivity index (χ0v) is 9.42. The molecule has 0 aliphatic heterocycles. The average molecular weight is 227 g/mol. The van der Waals surface area contributed by atoms with Gasteiger partial charge in [0.25, 0.3) is 0 Å². The summed E-state index contributed by atoms with van der Waals surface area (Å²) in [6.07, 6.45) is 0.352. The lowest BCUT2D eigenvalue weighted by atomic mass is 10.1. The molecule has 0 bridgehead atoms. The third kappa shape index (κ3) is 3.90. The quantitative estimate of drug-likeness (QED) is 0.824. The molecule has 0 radical (unpaired) electrons. The smallest absolute Gasteiger partial charge is 0.221 e. The number of nitrogens with two attached hydrogens (primary N) is 1. The van der Waals surface area contributed by atoms with Gasteiger partial charge in [0.15, 0.2) is 0 Å². The highest BCUT2D eigenvalue weighted by Crippen LogP contribution is 2.17. The third-order valence-corrected chi connectivity index (χ3v) is 2.33. The fourth-order valence-corrected chi connectivity index (χ4v) is 1.50. The maximum absolute atomic E-state index is 11.3. The first kappa shape index (κ1) is 12.0. The normalized spacial score (nSPS) is 12.2. The van der Waals surface area contributed by atoms with E-state index in [1.54, 1.807) is 6.07 Å². The van der Waals surface area contributed by atoms with Crippen molar-refractivity contribution >= 4 is 17.5 Å². The molecule has 3 N–H and O–H groups in total. The largest absolute Gasteiger partial charge is 0.350 e. The Morgan fingerprint density at radius 3 is 2.93 bits per heavy atom. The molecule has 82 valence electrons. The highest BCUT2D eigenvalue weighted by molar-refractivity contribution is 6.30. The fourth-order valence-electron chi connectivity index (χ4n) is 1.30. The second-order valence-corrected chi connectivity index (χ2v) is 3.82. The number of halogens is 1. The van der Waals surface area contributed by atoms with Gasteiger partial charge in [0.05, 0.1) is 6.04 Å². The maximum atomic E-state index is 11.3. The number of rotatable bonds is 4. The van der Waals surface area contributed by atoms with Gasteiger partial charge in [0.2, 0.25) is 5.91 Å². The molecule has 3 nitrogen and oxygen atoms in total. The van der Waals surface area contributed by atoms with Crippen molar-refractivity contribution in [2.45, 2.75) is 19.4 Å². The molecule has 0 unspecified atom stereocenters. The van der Waals surface area contributed by atoms with Crippen molar-refractivity contribution in [1.82, 2.24) is 5.32 Å². The van der Waals surface area contributed by atoms with Gasteiger partial charge in [-0.3, -0.25) is 4.79 Å². The van der Waals surface area contributed by atoms with Crippen LogP contribution in [-0.4, -0.2) is 12.5 Å². The van der Waals surface area contributed by atoms with Gasteiger partial charge in [-0.1, -0.05) is 23.7 Å². The zero-order valence-electron chi connectivity index (χ0n) is 8.66. The van der Waals surface area contributed by atoms with Gasteiger partial charge in [-0.05, 0) is 24.6 Å². The Morgan fingerprint density at radius 1 is 1.60 bits per heavy atom. The van der Waals surface area contributed by atoms with Crippen LogP contribution >= 0.6 is 11.6 Å². The molecule has 0 heterocycles. The Kier molecular flexibility index (Phi) is 4.59. The first-order valence-electron chi connectivity index (χ1n) is 4.88. The third-order valence-electron chi connectivity index (χ3n) is 2.10. The molecule has 0 aliphatic rings. The highest BCUT2D eigenvalue weighted by Gasteiger charge is 2.08. The van der Waals surface area contributed by atoms with Crippen LogP contribution in [-0.2, 0) is 4.79 Å². The monoisotopic (exact) mass is 226 g/mol. The molecule has 1 atom stereocenters. The molecule has 0 saturated heterocycles. The van der Waals surface area contributed by atoms with Gasteiger partial charge in [0.1, 0.15) is 0 Å². The number of benzene rings is 1. The molecule has 1 aromatic carbocycles. The summed E-state index contributed by atoms with van der Waals surface area (Å²) in [7, 11) is 0. The molecule has 0 saturated carbocycles. The van der Waals surface area contributed by atoms with E-state index in [2.05, 4.69) is 5.32 Å². The average Bonchev–Trinajstić information content (AvgIpc) is 2.18. The van der Waals surface area contributed by atoms with Crippen LogP contribution < -0.4 is 11.1 Å². The highest BCUT2D eigenvalue weighted by atomic mass is 35.5. The van der Waals surface area contributed by atoms with Crippen molar-refractivity contribution in [2.75, 3.05) is 6.54 Å². The van der Waals surface area contributed by atoms with Gasteiger partial charge in [-0.25, -0.2) is 0 Å². The molecule has 15 heavy (non-hydrogen) atoms. The molecule has 1 rings (SSSR count). The molecular formula is C11H15ClN2O. The van der Waals surface area contributed by atoms with Crippen molar-refractivity contribution < 1.29 is 4.79 Å². The van der Waals surface area contributed by atoms with Crippen molar-refractivity contribution in [3.05, 3.63) is 34.9 Å². The number of hydrogen-bond acceptors (Lipinski definition) is 2. The Bertz CT molecular complexity index is 341. The van der Waals surface area contributed by atoms with E-state index < -0.39 is 0 Å². The summed E-state index contributed by atoms with van der Waals surface area (Å²) in [5.41, 5.74) is 6.28. The standard InChI is InChI=1S/C11H15ClN2O/c1-8(14-11(15)5-6-13)9-3-2-4-10(12)7-9/h2-4,7-8H,5-6,13H2,1H3,(H,14,15)/t8-/m0/s1. The summed E-state index contributed by atoms with van der Waals surface area (Å²) in [5, 5.41) is 3.52. The summed E-state index contributed by atoms with van der Waals surface area (Å²) in [5.74, 6) is -0.0371. The lowest BCUT2D eigenvalue weighted by Crippen LogP contribution is -2.28. The van der Waals surface area contributed by atoms with E-state index in [1.807, 2.05) is 25.1 Å². The summed E-state index contributed by atoms with van der Waals surface area (Å²) in [4.78, 5) is 11.3. The van der Waals surface area contributed by atoms with Crippen LogP contribution in [0.5, 0.6) is 0 Å². The molecule has 1 aromatic rings. The SMILES string of the molecule is C[C@H](NC(=O)CCN)c1cccc(Cl)c1. The molecule has 0 spiro atoms. The number of amides is 1. The van der Waals surface area contributed by atoms with Gasteiger partial charge in [-0.15, -0.1) is 0 Å². The van der Waals surface area contributed by atoms with Crippen molar-refractivity contribution in [3.63, 3.8) is 0 Å². The van der Waals surface area contributed by atoms with Gasteiger partial charge in [-0.2, -0.15) is 0 Å². The van der Waals surface area contributed by atoms with E-state index >= 15 is 0 Å². The predicted molar refractivity (Wildman–Crippen MR) is 61.7 cm³/mol. The van der Waals surface area contributed by atoms with E-state index in [9.17, 15) is 4.79 Å². The summed E-state index contributed by atoms with van der Waals surface area (Å²) in [6, 6.07) is 7.40. The van der Waals surface area contributed by atoms with E-state index in [0.29, 0.717) is 18.0 Å². The topological polar surface area (TPSA) is 55.1 Å². The van der Waals surface area contributed by atoms with Gasteiger partial charge in [0, 0.05) is 18.0 Å². The number of nitrogens with one attached hydrogen (secondary N) is 1. The van der Waals surface area contributed by atoms with Crippen LogP contribution in [0.25, 0.3) is 0 Å². The number of carbonyl (C=O) groups excluding carboxylic acids is 1. The molecule has 0 aromatic heterocycles. The minimum absolute atomic E-state index is 0.0371. The molecular weight excluding hydrogens is 212 g/mol. The van der Waals surface area contributed by atoms with Gasteiger partial charge >= 0.3 is 0 Å².